The molecule has 2 rings (SSSR count). The van der Waals surface area contributed by atoms with Crippen LogP contribution in [0.2, 0.25) is 0 Å². The van der Waals surface area contributed by atoms with E-state index in [2.05, 4.69) is 10.6 Å². The third-order valence-corrected chi connectivity index (χ3v) is 3.59. The van der Waals surface area contributed by atoms with Crippen molar-refractivity contribution in [3.63, 3.8) is 0 Å². The van der Waals surface area contributed by atoms with Gasteiger partial charge in [-0.15, -0.1) is 0 Å². The van der Waals surface area contributed by atoms with Crippen LogP contribution in [-0.4, -0.2) is 44.1 Å². The van der Waals surface area contributed by atoms with Gasteiger partial charge in [-0.3, -0.25) is 9.59 Å². The molecule has 0 aromatic heterocycles. The number of nitrogens with one attached hydrogen (secondary N) is 2. The third kappa shape index (κ3) is 4.15. The lowest BCUT2D eigenvalue weighted by atomic mass is 10.2. The largest absolute Gasteiger partial charge is 0.493 e. The highest BCUT2D eigenvalue weighted by atomic mass is 16.5. The van der Waals surface area contributed by atoms with E-state index in [0.717, 1.165) is 0 Å². The van der Waals surface area contributed by atoms with Gasteiger partial charge in [0.05, 0.1) is 14.2 Å². The molecule has 2 N–H and O–H groups in total. The lowest BCUT2D eigenvalue weighted by Crippen LogP contribution is -2.39. The zero-order chi connectivity index (χ0) is 17.7. The van der Waals surface area contributed by atoms with Crippen molar-refractivity contribution in [1.82, 2.24) is 5.32 Å². The smallest absolute Gasteiger partial charge is 0.329 e. The molecule has 130 valence electrons. The van der Waals surface area contributed by atoms with Gasteiger partial charge in [-0.1, -0.05) is 0 Å². The van der Waals surface area contributed by atoms with Crippen molar-refractivity contribution in [2.24, 2.45) is 0 Å². The molecule has 1 saturated heterocycles. The number of carbonyl (C=O) groups is 3. The van der Waals surface area contributed by atoms with Crippen LogP contribution >= 0.6 is 0 Å². The van der Waals surface area contributed by atoms with E-state index in [9.17, 15) is 14.4 Å². The second-order valence-corrected chi connectivity index (χ2v) is 5.30. The summed E-state index contributed by atoms with van der Waals surface area (Å²) in [4.78, 5) is 35.1. The van der Waals surface area contributed by atoms with Crippen molar-refractivity contribution >= 4 is 23.5 Å². The molecule has 8 heteroatoms. The molecule has 2 amide bonds. The maximum absolute atomic E-state index is 12.1. The van der Waals surface area contributed by atoms with Gasteiger partial charge >= 0.3 is 5.97 Å². The fourth-order valence-electron chi connectivity index (χ4n) is 2.26. The Bertz CT molecular complexity index is 645. The Morgan fingerprint density at radius 3 is 2.54 bits per heavy atom. The first-order valence-electron chi connectivity index (χ1n) is 7.47. The molecule has 1 fully saturated rings. The first-order valence-corrected chi connectivity index (χ1v) is 7.47. The second kappa shape index (κ2) is 7.67. The average Bonchev–Trinajstić information content (AvgIpc) is 3.01. The standard InChI is InChI=1S/C16H20N2O6/c1-9(24-16(21)11-5-7-14(19)18-11)15(20)17-10-4-6-12(22-2)13(8-10)23-3/h4,6,8-9,11H,5,7H2,1-3H3,(H,17,20)(H,18,19)/t9-,11-/m0/s1. The monoisotopic (exact) mass is 336 g/mol. The SMILES string of the molecule is COc1ccc(NC(=O)[C@H](C)OC(=O)[C@@H]2CCC(=O)N2)cc1OC. The van der Waals surface area contributed by atoms with E-state index in [0.29, 0.717) is 23.6 Å². The number of esters is 1. The van der Waals surface area contributed by atoms with Crippen molar-refractivity contribution < 1.29 is 28.6 Å². The van der Waals surface area contributed by atoms with Crippen LogP contribution in [0.3, 0.4) is 0 Å². The molecule has 0 aliphatic carbocycles. The molecule has 1 aliphatic heterocycles. The van der Waals surface area contributed by atoms with Crippen LogP contribution in [0.1, 0.15) is 19.8 Å². The Kier molecular flexibility index (Phi) is 5.62. The fourth-order valence-corrected chi connectivity index (χ4v) is 2.26. The van der Waals surface area contributed by atoms with Gasteiger partial charge in [-0.05, 0) is 25.5 Å². The van der Waals surface area contributed by atoms with Crippen LogP contribution < -0.4 is 20.1 Å². The first kappa shape index (κ1) is 17.6. The summed E-state index contributed by atoms with van der Waals surface area (Å²) in [7, 11) is 3.00. The minimum absolute atomic E-state index is 0.195. The van der Waals surface area contributed by atoms with E-state index in [1.165, 1.54) is 21.1 Å². The third-order valence-electron chi connectivity index (χ3n) is 3.59. The van der Waals surface area contributed by atoms with Crippen molar-refractivity contribution in [3.8, 4) is 11.5 Å². The highest BCUT2D eigenvalue weighted by Gasteiger charge is 2.30. The van der Waals surface area contributed by atoms with Crippen molar-refractivity contribution in [2.45, 2.75) is 31.9 Å². The maximum atomic E-state index is 12.1. The molecule has 1 aliphatic rings. The van der Waals surface area contributed by atoms with E-state index in [-0.39, 0.29) is 12.3 Å². The minimum atomic E-state index is -0.997. The number of ether oxygens (including phenoxy) is 3. The lowest BCUT2D eigenvalue weighted by Gasteiger charge is -2.16. The number of methoxy groups -OCH3 is 2. The average molecular weight is 336 g/mol. The number of anilines is 1. The van der Waals surface area contributed by atoms with Crippen molar-refractivity contribution in [1.29, 1.82) is 0 Å². The topological polar surface area (TPSA) is 103 Å². The summed E-state index contributed by atoms with van der Waals surface area (Å²) in [6.07, 6.45) is -0.337. The fraction of sp³-hybridized carbons (Fsp3) is 0.438. The molecule has 1 heterocycles. The van der Waals surface area contributed by atoms with E-state index in [4.69, 9.17) is 14.2 Å². The summed E-state index contributed by atoms with van der Waals surface area (Å²) < 4.78 is 15.4. The van der Waals surface area contributed by atoms with Crippen LogP contribution in [0.15, 0.2) is 18.2 Å². The highest BCUT2D eigenvalue weighted by molar-refractivity contribution is 5.96. The van der Waals surface area contributed by atoms with Crippen LogP contribution in [0.25, 0.3) is 0 Å². The van der Waals surface area contributed by atoms with E-state index >= 15 is 0 Å². The van der Waals surface area contributed by atoms with E-state index < -0.39 is 24.0 Å². The molecular weight excluding hydrogens is 316 g/mol. The van der Waals surface area contributed by atoms with Crippen LogP contribution in [0, 0.1) is 0 Å². The van der Waals surface area contributed by atoms with E-state index in [1.807, 2.05) is 0 Å². The minimum Gasteiger partial charge on any atom is -0.493 e. The molecule has 1 aromatic carbocycles. The summed E-state index contributed by atoms with van der Waals surface area (Å²) in [5.74, 6) is -0.296. The van der Waals surface area contributed by atoms with Crippen LogP contribution in [-0.2, 0) is 19.1 Å². The number of benzene rings is 1. The molecule has 0 unspecified atom stereocenters. The molecule has 0 radical (unpaired) electrons. The normalized spacial score (nSPS) is 17.6. The molecule has 1 aromatic rings. The number of carbonyl (C=O) groups excluding carboxylic acids is 3. The Morgan fingerprint density at radius 2 is 1.96 bits per heavy atom. The Hall–Kier alpha value is -2.77. The van der Waals surface area contributed by atoms with Gasteiger partial charge in [0.15, 0.2) is 17.6 Å². The van der Waals surface area contributed by atoms with E-state index in [1.54, 1.807) is 18.2 Å². The van der Waals surface area contributed by atoms with Gasteiger partial charge in [0, 0.05) is 18.2 Å². The van der Waals surface area contributed by atoms with Crippen molar-refractivity contribution in [2.75, 3.05) is 19.5 Å². The summed E-state index contributed by atoms with van der Waals surface area (Å²) in [6.45, 7) is 1.46. The predicted octanol–water partition coefficient (Wildman–Crippen LogP) is 0.853. The molecule has 0 saturated carbocycles. The zero-order valence-corrected chi connectivity index (χ0v) is 13.8. The molecular formula is C16H20N2O6. The second-order valence-electron chi connectivity index (χ2n) is 5.30. The summed E-state index contributed by atoms with van der Waals surface area (Å²) in [6, 6.07) is 4.21. The number of hydrogen-bond donors (Lipinski definition) is 2. The van der Waals surface area contributed by atoms with Crippen LogP contribution in [0.4, 0.5) is 5.69 Å². The predicted molar refractivity (Wildman–Crippen MR) is 84.9 cm³/mol. The van der Waals surface area contributed by atoms with Gasteiger partial charge in [0.2, 0.25) is 5.91 Å². The first-order chi connectivity index (χ1) is 11.4. The summed E-state index contributed by atoms with van der Waals surface area (Å²) in [5, 5.41) is 5.13. The van der Waals surface area contributed by atoms with Gasteiger partial charge in [0.1, 0.15) is 6.04 Å². The summed E-state index contributed by atoms with van der Waals surface area (Å²) in [5.41, 5.74) is 0.481. The van der Waals surface area contributed by atoms with Gasteiger partial charge in [0.25, 0.3) is 5.91 Å². The lowest BCUT2D eigenvalue weighted by molar-refractivity contribution is -0.155. The molecule has 8 nitrogen and oxygen atoms in total. The Morgan fingerprint density at radius 1 is 1.25 bits per heavy atom. The Balaban J connectivity index is 1.94. The highest BCUT2D eigenvalue weighted by Crippen LogP contribution is 2.29. The van der Waals surface area contributed by atoms with Crippen LogP contribution in [0.5, 0.6) is 11.5 Å². The quantitative estimate of drug-likeness (QED) is 0.747. The zero-order valence-electron chi connectivity index (χ0n) is 13.8. The van der Waals surface area contributed by atoms with Gasteiger partial charge < -0.3 is 24.8 Å². The number of hydrogen-bond acceptors (Lipinski definition) is 6. The number of rotatable bonds is 6. The number of amides is 2. The van der Waals surface area contributed by atoms with Gasteiger partial charge in [-0.25, -0.2) is 4.79 Å². The molecule has 24 heavy (non-hydrogen) atoms. The van der Waals surface area contributed by atoms with Gasteiger partial charge in [-0.2, -0.15) is 0 Å². The summed E-state index contributed by atoms with van der Waals surface area (Å²) >= 11 is 0. The molecule has 0 bridgehead atoms. The Labute approximate surface area is 139 Å². The molecule has 2 atom stereocenters. The maximum Gasteiger partial charge on any atom is 0.329 e. The van der Waals surface area contributed by atoms with Crippen molar-refractivity contribution in [3.05, 3.63) is 18.2 Å². The molecule has 0 spiro atoms.